The number of hydrogen-bond acceptors (Lipinski definition) is 4. The molecule has 2 rings (SSSR count). The van der Waals surface area contributed by atoms with E-state index >= 15 is 0 Å². The van der Waals surface area contributed by atoms with Crippen molar-refractivity contribution >= 4 is 56.4 Å². The smallest absolute Gasteiger partial charge is 0.228 e. The lowest BCUT2D eigenvalue weighted by Crippen LogP contribution is -2.13. The van der Waals surface area contributed by atoms with E-state index in [0.717, 1.165) is 10.2 Å². The van der Waals surface area contributed by atoms with E-state index in [2.05, 4.69) is 31.2 Å². The summed E-state index contributed by atoms with van der Waals surface area (Å²) in [6.45, 7) is 1.85. The van der Waals surface area contributed by atoms with Crippen LogP contribution in [-0.2, 0) is 0 Å². The number of halogens is 2. The number of anilines is 2. The van der Waals surface area contributed by atoms with Crippen molar-refractivity contribution in [1.29, 1.82) is 0 Å². The molecule has 0 bridgehead atoms. The number of hydrogen-bond donors (Lipinski definition) is 2. The Kier molecular flexibility index (Phi) is 4.34. The zero-order valence-corrected chi connectivity index (χ0v) is 13.1. The Morgan fingerprint density at radius 2 is 2.11 bits per heavy atom. The van der Waals surface area contributed by atoms with Crippen molar-refractivity contribution in [3.8, 4) is 0 Å². The molecule has 0 spiro atoms. The van der Waals surface area contributed by atoms with Gasteiger partial charge in [0.2, 0.25) is 5.95 Å². The first kappa shape index (κ1) is 14.2. The van der Waals surface area contributed by atoms with E-state index in [0.29, 0.717) is 22.4 Å². The number of thiocarbonyl (C=S) groups is 1. The zero-order chi connectivity index (χ0) is 14.0. The van der Waals surface area contributed by atoms with Crippen molar-refractivity contribution in [3.05, 3.63) is 45.1 Å². The van der Waals surface area contributed by atoms with Crippen molar-refractivity contribution in [2.75, 3.05) is 5.32 Å². The van der Waals surface area contributed by atoms with Crippen LogP contribution in [0.4, 0.5) is 11.6 Å². The van der Waals surface area contributed by atoms with Crippen molar-refractivity contribution < 1.29 is 0 Å². The van der Waals surface area contributed by atoms with Gasteiger partial charge in [-0.15, -0.1) is 0 Å². The van der Waals surface area contributed by atoms with Crippen molar-refractivity contribution in [2.45, 2.75) is 6.92 Å². The highest BCUT2D eigenvalue weighted by atomic mass is 79.9. The molecule has 4 nitrogen and oxygen atoms in total. The topological polar surface area (TPSA) is 63.8 Å². The second-order valence-corrected chi connectivity index (χ2v) is 5.59. The quantitative estimate of drug-likeness (QED) is 0.822. The molecule has 0 radical (unpaired) electrons. The van der Waals surface area contributed by atoms with Crippen LogP contribution in [0.1, 0.15) is 11.4 Å². The molecule has 0 aliphatic heterocycles. The van der Waals surface area contributed by atoms with Gasteiger partial charge in [-0.2, -0.15) is 0 Å². The van der Waals surface area contributed by atoms with Gasteiger partial charge in [0.15, 0.2) is 0 Å². The molecule has 1 aromatic heterocycles. The predicted octanol–water partition coefficient (Wildman–Crippen LogP) is 3.58. The average Bonchev–Trinajstić information content (AvgIpc) is 2.32. The highest BCUT2D eigenvalue weighted by Crippen LogP contribution is 2.27. The van der Waals surface area contributed by atoms with Gasteiger partial charge in [0, 0.05) is 10.2 Å². The standard InChI is InChI=1S/C12H10BrClN4S/c1-6-4-10(11(15)19)18-12(16-6)17-9-3-2-7(13)5-8(9)14/h2-5H,1H3,(H2,15,19)(H,16,17,18). The van der Waals surface area contributed by atoms with Crippen LogP contribution in [0.25, 0.3) is 0 Å². The van der Waals surface area contributed by atoms with Gasteiger partial charge in [0.25, 0.3) is 0 Å². The molecule has 0 fully saturated rings. The van der Waals surface area contributed by atoms with Crippen LogP contribution >= 0.6 is 39.7 Å². The number of aryl methyl sites for hydroxylation is 1. The first-order chi connectivity index (χ1) is 8.95. The summed E-state index contributed by atoms with van der Waals surface area (Å²) in [7, 11) is 0. The summed E-state index contributed by atoms with van der Waals surface area (Å²) in [5.41, 5.74) is 7.59. The van der Waals surface area contributed by atoms with Crippen LogP contribution < -0.4 is 11.1 Å². The fourth-order valence-electron chi connectivity index (χ4n) is 1.46. The van der Waals surface area contributed by atoms with Crippen LogP contribution in [0.5, 0.6) is 0 Å². The van der Waals surface area contributed by atoms with Crippen LogP contribution in [0.15, 0.2) is 28.7 Å². The summed E-state index contributed by atoms with van der Waals surface area (Å²) in [5.74, 6) is 0.409. The second kappa shape index (κ2) is 5.81. The van der Waals surface area contributed by atoms with Crippen molar-refractivity contribution in [1.82, 2.24) is 9.97 Å². The van der Waals surface area contributed by atoms with Crippen molar-refractivity contribution in [2.24, 2.45) is 5.73 Å². The lowest BCUT2D eigenvalue weighted by molar-refractivity contribution is 1.09. The number of nitrogens with two attached hydrogens (primary N) is 1. The van der Waals surface area contributed by atoms with Gasteiger partial charge in [-0.25, -0.2) is 9.97 Å². The molecule has 0 aliphatic rings. The van der Waals surface area contributed by atoms with E-state index in [1.165, 1.54) is 0 Å². The van der Waals surface area contributed by atoms with E-state index in [4.69, 9.17) is 29.6 Å². The number of benzene rings is 1. The minimum atomic E-state index is 0.232. The third kappa shape index (κ3) is 3.62. The average molecular weight is 358 g/mol. The fourth-order valence-corrected chi connectivity index (χ4v) is 2.29. The van der Waals surface area contributed by atoms with Gasteiger partial charge in [-0.1, -0.05) is 39.7 Å². The Labute approximate surface area is 129 Å². The molecule has 1 aromatic carbocycles. The monoisotopic (exact) mass is 356 g/mol. The summed E-state index contributed by atoms with van der Waals surface area (Å²) in [6, 6.07) is 7.22. The maximum absolute atomic E-state index is 6.12. The van der Waals surface area contributed by atoms with Gasteiger partial charge < -0.3 is 11.1 Å². The van der Waals surface area contributed by atoms with Crippen LogP contribution in [0.3, 0.4) is 0 Å². The Morgan fingerprint density at radius 1 is 1.37 bits per heavy atom. The lowest BCUT2D eigenvalue weighted by atomic mass is 10.3. The zero-order valence-electron chi connectivity index (χ0n) is 9.95. The van der Waals surface area contributed by atoms with Gasteiger partial charge in [0.1, 0.15) is 10.7 Å². The molecule has 2 aromatic rings. The van der Waals surface area contributed by atoms with Crippen LogP contribution in [-0.4, -0.2) is 15.0 Å². The lowest BCUT2D eigenvalue weighted by Gasteiger charge is -2.09. The van der Waals surface area contributed by atoms with E-state index < -0.39 is 0 Å². The molecule has 7 heteroatoms. The SMILES string of the molecule is Cc1cc(C(N)=S)nc(Nc2ccc(Br)cc2Cl)n1. The number of nitrogens with one attached hydrogen (secondary N) is 1. The molecular formula is C12H10BrClN4S. The predicted molar refractivity (Wildman–Crippen MR) is 85.1 cm³/mol. The number of aromatic nitrogens is 2. The van der Waals surface area contributed by atoms with Gasteiger partial charge in [0.05, 0.1) is 10.7 Å². The van der Waals surface area contributed by atoms with Gasteiger partial charge in [-0.05, 0) is 31.2 Å². The van der Waals surface area contributed by atoms with Gasteiger partial charge in [-0.3, -0.25) is 0 Å². The molecule has 0 unspecified atom stereocenters. The maximum Gasteiger partial charge on any atom is 0.228 e. The highest BCUT2D eigenvalue weighted by molar-refractivity contribution is 9.10. The third-order valence-corrected chi connectivity index (χ3v) is 3.30. The minimum absolute atomic E-state index is 0.232. The summed E-state index contributed by atoms with van der Waals surface area (Å²) in [6.07, 6.45) is 0. The highest BCUT2D eigenvalue weighted by Gasteiger charge is 2.07. The molecular weight excluding hydrogens is 348 g/mol. The first-order valence-corrected chi connectivity index (χ1v) is 6.91. The van der Waals surface area contributed by atoms with Crippen LogP contribution in [0, 0.1) is 6.92 Å². The largest absolute Gasteiger partial charge is 0.388 e. The van der Waals surface area contributed by atoms with E-state index in [9.17, 15) is 0 Å². The summed E-state index contributed by atoms with van der Waals surface area (Å²) in [4.78, 5) is 8.73. The fraction of sp³-hybridized carbons (Fsp3) is 0.0833. The molecule has 0 amide bonds. The van der Waals surface area contributed by atoms with Crippen LogP contribution in [0.2, 0.25) is 5.02 Å². The van der Waals surface area contributed by atoms with Crippen molar-refractivity contribution in [3.63, 3.8) is 0 Å². The summed E-state index contributed by atoms with van der Waals surface area (Å²) >= 11 is 14.4. The van der Waals surface area contributed by atoms with E-state index in [-0.39, 0.29) is 4.99 Å². The minimum Gasteiger partial charge on any atom is -0.388 e. The third-order valence-electron chi connectivity index (χ3n) is 2.28. The first-order valence-electron chi connectivity index (χ1n) is 5.33. The Balaban J connectivity index is 2.35. The molecule has 0 saturated heterocycles. The second-order valence-electron chi connectivity index (χ2n) is 3.83. The summed E-state index contributed by atoms with van der Waals surface area (Å²) < 4.78 is 0.900. The molecule has 19 heavy (non-hydrogen) atoms. The number of rotatable bonds is 3. The van der Waals surface area contributed by atoms with E-state index in [1.807, 2.05) is 19.1 Å². The van der Waals surface area contributed by atoms with E-state index in [1.54, 1.807) is 12.1 Å². The molecule has 1 heterocycles. The molecule has 0 saturated carbocycles. The Hall–Kier alpha value is -1.24. The Morgan fingerprint density at radius 3 is 2.74 bits per heavy atom. The number of nitrogens with zero attached hydrogens (tertiary/aromatic N) is 2. The summed E-state index contributed by atoms with van der Waals surface area (Å²) in [5, 5.41) is 3.61. The molecule has 98 valence electrons. The Bertz CT molecular complexity index is 648. The maximum atomic E-state index is 6.12. The normalized spacial score (nSPS) is 10.3. The molecule has 3 N–H and O–H groups in total. The molecule has 0 aliphatic carbocycles. The molecule has 0 atom stereocenters. The van der Waals surface area contributed by atoms with Gasteiger partial charge >= 0.3 is 0 Å².